The van der Waals surface area contributed by atoms with Crippen molar-refractivity contribution < 1.29 is 9.47 Å². The molecule has 4 heterocycles. The van der Waals surface area contributed by atoms with Gasteiger partial charge in [0, 0.05) is 24.0 Å². The highest BCUT2D eigenvalue weighted by Gasteiger charge is 2.28. The van der Waals surface area contributed by atoms with Crippen LogP contribution in [0.4, 0.5) is 5.82 Å². The first-order chi connectivity index (χ1) is 13.3. The van der Waals surface area contributed by atoms with Gasteiger partial charge in [-0.1, -0.05) is 12.1 Å². The molecule has 0 spiro atoms. The normalized spacial score (nSPS) is 19.7. The van der Waals surface area contributed by atoms with Gasteiger partial charge in [-0.2, -0.15) is 0 Å². The molecule has 1 saturated heterocycles. The monoisotopic (exact) mass is 361 g/mol. The maximum Gasteiger partial charge on any atom is 0.147 e. The summed E-state index contributed by atoms with van der Waals surface area (Å²) in [7, 11) is 0. The molecule has 0 saturated carbocycles. The molecule has 0 amide bonds. The van der Waals surface area contributed by atoms with Gasteiger partial charge in [0.05, 0.1) is 11.5 Å². The predicted octanol–water partition coefficient (Wildman–Crippen LogP) is 3.32. The van der Waals surface area contributed by atoms with Crippen LogP contribution in [0, 0.1) is 0 Å². The van der Waals surface area contributed by atoms with Crippen LogP contribution in [0.1, 0.15) is 19.1 Å². The number of fused-ring (bicyclic) bond motifs is 2. The van der Waals surface area contributed by atoms with E-state index in [4.69, 9.17) is 15.2 Å². The number of ether oxygens (including phenoxy) is 2. The molecule has 0 aliphatic carbocycles. The maximum absolute atomic E-state index is 6.21. The number of hydrogen-bond donors (Lipinski definition) is 1. The molecular formula is C20H19N5O2. The van der Waals surface area contributed by atoms with E-state index in [2.05, 4.69) is 21.0 Å². The Labute approximate surface area is 155 Å². The number of hydrogen-bond acceptors (Lipinski definition) is 6. The molecule has 0 bridgehead atoms. The zero-order valence-electron chi connectivity index (χ0n) is 14.7. The van der Waals surface area contributed by atoms with Crippen molar-refractivity contribution in [1.82, 2.24) is 19.5 Å². The van der Waals surface area contributed by atoms with Crippen LogP contribution < -0.4 is 10.5 Å². The number of benzene rings is 1. The van der Waals surface area contributed by atoms with Gasteiger partial charge in [-0.05, 0) is 36.4 Å². The number of rotatable bonds is 4. The molecule has 1 aliphatic heterocycles. The van der Waals surface area contributed by atoms with Gasteiger partial charge in [0.15, 0.2) is 0 Å². The molecule has 4 aromatic rings. The van der Waals surface area contributed by atoms with Crippen molar-refractivity contribution in [3.8, 4) is 5.75 Å². The molecular weight excluding hydrogens is 342 g/mol. The van der Waals surface area contributed by atoms with E-state index in [1.165, 1.54) is 6.33 Å². The molecule has 2 N–H and O–H groups in total. The number of nitrogens with zero attached hydrogens (tertiary/aromatic N) is 4. The van der Waals surface area contributed by atoms with Gasteiger partial charge >= 0.3 is 0 Å². The average molecular weight is 361 g/mol. The lowest BCUT2D eigenvalue weighted by atomic mass is 10.1. The van der Waals surface area contributed by atoms with Crippen molar-refractivity contribution in [1.29, 1.82) is 0 Å². The third-order valence-electron chi connectivity index (χ3n) is 5.00. The zero-order valence-corrected chi connectivity index (χ0v) is 14.7. The molecule has 27 heavy (non-hydrogen) atoms. The van der Waals surface area contributed by atoms with Gasteiger partial charge in [-0.15, -0.1) is 0 Å². The third kappa shape index (κ3) is 2.86. The Morgan fingerprint density at radius 1 is 1.15 bits per heavy atom. The average Bonchev–Trinajstić information content (AvgIpc) is 3.34. The maximum atomic E-state index is 6.21. The molecule has 0 unspecified atom stereocenters. The number of nitrogen functional groups attached to an aromatic ring is 1. The number of aromatic nitrogens is 4. The minimum Gasteiger partial charge on any atom is -0.490 e. The van der Waals surface area contributed by atoms with Crippen LogP contribution in [0.5, 0.6) is 5.75 Å². The highest BCUT2D eigenvalue weighted by Crippen LogP contribution is 2.33. The van der Waals surface area contributed by atoms with E-state index in [0.717, 1.165) is 40.4 Å². The Balaban J connectivity index is 1.30. The number of anilines is 1. The Bertz CT molecular complexity index is 1100. The smallest absolute Gasteiger partial charge is 0.147 e. The molecule has 7 nitrogen and oxygen atoms in total. The fourth-order valence-electron chi connectivity index (χ4n) is 3.63. The van der Waals surface area contributed by atoms with E-state index in [9.17, 15) is 0 Å². The van der Waals surface area contributed by atoms with Crippen molar-refractivity contribution in [2.45, 2.75) is 25.2 Å². The van der Waals surface area contributed by atoms with E-state index >= 15 is 0 Å². The lowest BCUT2D eigenvalue weighted by molar-refractivity contribution is -0.0153. The Morgan fingerprint density at radius 2 is 2.11 bits per heavy atom. The standard InChI is InChI=1S/C20H19N5O2/c21-19-15-7-9-25(20(15)24-12-23-19)18-5-4-14(27-18)11-26-17-3-1-2-13-6-8-22-10-16(13)17/h1-3,6-10,12,14,18H,4-5,11H2,(H2,21,23,24)/t14-,18+/m0/s1. The van der Waals surface area contributed by atoms with E-state index < -0.39 is 0 Å². The lowest BCUT2D eigenvalue weighted by Gasteiger charge is -2.17. The fourth-order valence-corrected chi connectivity index (χ4v) is 3.63. The van der Waals surface area contributed by atoms with E-state index in [-0.39, 0.29) is 12.3 Å². The molecule has 3 aromatic heterocycles. The van der Waals surface area contributed by atoms with Crippen molar-refractivity contribution in [2.24, 2.45) is 0 Å². The van der Waals surface area contributed by atoms with Crippen LogP contribution in [-0.4, -0.2) is 32.2 Å². The van der Waals surface area contributed by atoms with Crippen LogP contribution in [0.3, 0.4) is 0 Å². The summed E-state index contributed by atoms with van der Waals surface area (Å²) in [6.07, 6.45) is 8.84. The van der Waals surface area contributed by atoms with E-state index in [1.54, 1.807) is 6.20 Å². The summed E-state index contributed by atoms with van der Waals surface area (Å²) in [5.41, 5.74) is 6.72. The molecule has 2 atom stereocenters. The largest absolute Gasteiger partial charge is 0.490 e. The van der Waals surface area contributed by atoms with E-state index in [1.807, 2.05) is 41.2 Å². The van der Waals surface area contributed by atoms with Crippen molar-refractivity contribution >= 4 is 27.6 Å². The second-order valence-corrected chi connectivity index (χ2v) is 6.67. The van der Waals surface area contributed by atoms with Gasteiger partial charge in [-0.3, -0.25) is 4.98 Å². The molecule has 5 rings (SSSR count). The summed E-state index contributed by atoms with van der Waals surface area (Å²) in [5, 5.41) is 2.98. The first-order valence-electron chi connectivity index (χ1n) is 8.97. The van der Waals surface area contributed by atoms with Crippen LogP contribution >= 0.6 is 0 Å². The fraction of sp³-hybridized carbons (Fsp3) is 0.250. The molecule has 1 aliphatic rings. The van der Waals surface area contributed by atoms with Crippen molar-refractivity contribution in [3.63, 3.8) is 0 Å². The van der Waals surface area contributed by atoms with Crippen LogP contribution in [0.25, 0.3) is 21.8 Å². The van der Waals surface area contributed by atoms with Gasteiger partial charge in [0.2, 0.25) is 0 Å². The number of nitrogens with two attached hydrogens (primary N) is 1. The summed E-state index contributed by atoms with van der Waals surface area (Å²) in [6, 6.07) is 9.92. The summed E-state index contributed by atoms with van der Waals surface area (Å²) >= 11 is 0. The molecule has 7 heteroatoms. The Morgan fingerprint density at radius 3 is 3.07 bits per heavy atom. The van der Waals surface area contributed by atoms with Crippen molar-refractivity contribution in [3.05, 3.63) is 55.2 Å². The SMILES string of the molecule is Nc1ncnc2c1ccn2[C@H]1CC[C@@H](COc2cccc3ccncc23)O1. The highest BCUT2D eigenvalue weighted by atomic mass is 16.6. The highest BCUT2D eigenvalue weighted by molar-refractivity contribution is 5.87. The summed E-state index contributed by atoms with van der Waals surface area (Å²) < 4.78 is 14.3. The number of pyridine rings is 1. The second-order valence-electron chi connectivity index (χ2n) is 6.67. The first kappa shape index (κ1) is 16.0. The van der Waals surface area contributed by atoms with Gasteiger partial charge in [0.1, 0.15) is 36.4 Å². The van der Waals surface area contributed by atoms with Gasteiger partial charge in [-0.25, -0.2) is 9.97 Å². The van der Waals surface area contributed by atoms with Crippen molar-refractivity contribution in [2.75, 3.05) is 12.3 Å². The Kier molecular flexibility index (Phi) is 3.86. The van der Waals surface area contributed by atoms with Crippen LogP contribution in [-0.2, 0) is 4.74 Å². The third-order valence-corrected chi connectivity index (χ3v) is 5.00. The van der Waals surface area contributed by atoms with Crippen LogP contribution in [0.15, 0.2) is 55.2 Å². The summed E-state index contributed by atoms with van der Waals surface area (Å²) in [5.74, 6) is 1.32. The first-order valence-corrected chi connectivity index (χ1v) is 8.97. The minimum absolute atomic E-state index is 0.0264. The zero-order chi connectivity index (χ0) is 18.2. The topological polar surface area (TPSA) is 88.1 Å². The molecule has 136 valence electrons. The minimum atomic E-state index is -0.0698. The lowest BCUT2D eigenvalue weighted by Crippen LogP contribution is -2.18. The Hall–Kier alpha value is -3.19. The quantitative estimate of drug-likeness (QED) is 0.600. The molecule has 0 radical (unpaired) electrons. The predicted molar refractivity (Wildman–Crippen MR) is 102 cm³/mol. The summed E-state index contributed by atoms with van der Waals surface area (Å²) in [4.78, 5) is 12.6. The second kappa shape index (κ2) is 6.51. The van der Waals surface area contributed by atoms with E-state index in [0.29, 0.717) is 12.4 Å². The van der Waals surface area contributed by atoms with Gasteiger partial charge in [0.25, 0.3) is 0 Å². The summed E-state index contributed by atoms with van der Waals surface area (Å²) in [6.45, 7) is 0.501. The molecule has 1 aromatic carbocycles. The van der Waals surface area contributed by atoms with Crippen LogP contribution in [0.2, 0.25) is 0 Å². The van der Waals surface area contributed by atoms with Gasteiger partial charge < -0.3 is 19.8 Å². The molecule has 1 fully saturated rings.